The zero-order valence-electron chi connectivity index (χ0n) is 7.56. The van der Waals surface area contributed by atoms with Crippen LogP contribution in [0.2, 0.25) is 0 Å². The van der Waals surface area contributed by atoms with Crippen molar-refractivity contribution in [2.75, 3.05) is 6.54 Å². The molecule has 1 nitrogen and oxygen atoms in total. The topological polar surface area (TPSA) is 12.0 Å². The van der Waals surface area contributed by atoms with Crippen LogP contribution in [-0.2, 0) is 0 Å². The van der Waals surface area contributed by atoms with E-state index < -0.39 is 0 Å². The molecule has 1 fully saturated rings. The van der Waals surface area contributed by atoms with Crippen LogP contribution in [0.3, 0.4) is 0 Å². The highest BCUT2D eigenvalue weighted by atomic mass is 14.9. The summed E-state index contributed by atoms with van der Waals surface area (Å²) in [7, 11) is 0. The minimum Gasteiger partial charge on any atom is -0.389 e. The SMILES string of the molecule is C=C(C)NCC[C@@]12C=CC=C1C2. The lowest BCUT2D eigenvalue weighted by atomic mass is 10.0. The molecule has 0 saturated heterocycles. The maximum atomic E-state index is 3.81. The van der Waals surface area contributed by atoms with E-state index in [9.17, 15) is 0 Å². The van der Waals surface area contributed by atoms with Gasteiger partial charge in [-0.05, 0) is 19.8 Å². The molecule has 0 radical (unpaired) electrons. The van der Waals surface area contributed by atoms with Crippen molar-refractivity contribution < 1.29 is 0 Å². The Morgan fingerprint density at radius 1 is 1.75 bits per heavy atom. The number of nitrogens with one attached hydrogen (secondary N) is 1. The van der Waals surface area contributed by atoms with E-state index in [1.54, 1.807) is 5.57 Å². The lowest BCUT2D eigenvalue weighted by Gasteiger charge is -2.09. The summed E-state index contributed by atoms with van der Waals surface area (Å²) in [4.78, 5) is 0. The van der Waals surface area contributed by atoms with Crippen LogP contribution < -0.4 is 5.32 Å². The zero-order valence-corrected chi connectivity index (χ0v) is 7.56. The summed E-state index contributed by atoms with van der Waals surface area (Å²) in [6.07, 6.45) is 9.28. The molecule has 1 atom stereocenters. The molecule has 12 heavy (non-hydrogen) atoms. The highest BCUT2D eigenvalue weighted by Crippen LogP contribution is 2.58. The fraction of sp³-hybridized carbons (Fsp3) is 0.455. The van der Waals surface area contributed by atoms with Crippen molar-refractivity contribution in [1.82, 2.24) is 5.32 Å². The fourth-order valence-electron chi connectivity index (χ4n) is 1.87. The van der Waals surface area contributed by atoms with E-state index in [1.807, 2.05) is 6.92 Å². The Balaban J connectivity index is 1.79. The van der Waals surface area contributed by atoms with Crippen LogP contribution in [0.15, 0.2) is 36.1 Å². The molecule has 0 amide bonds. The molecule has 0 aromatic rings. The molecule has 2 aliphatic carbocycles. The Labute approximate surface area is 73.9 Å². The van der Waals surface area contributed by atoms with Gasteiger partial charge >= 0.3 is 0 Å². The summed E-state index contributed by atoms with van der Waals surface area (Å²) in [6.45, 7) is 6.87. The van der Waals surface area contributed by atoms with Crippen LogP contribution in [0.25, 0.3) is 0 Å². The molecule has 0 unspecified atom stereocenters. The summed E-state index contributed by atoms with van der Waals surface area (Å²) >= 11 is 0. The molecule has 2 aliphatic rings. The lowest BCUT2D eigenvalue weighted by Crippen LogP contribution is -2.15. The Morgan fingerprint density at radius 3 is 3.08 bits per heavy atom. The van der Waals surface area contributed by atoms with Crippen molar-refractivity contribution in [3.63, 3.8) is 0 Å². The molecule has 1 heteroatoms. The molecule has 0 bridgehead atoms. The number of hydrogen-bond acceptors (Lipinski definition) is 1. The maximum Gasteiger partial charge on any atom is 0.0155 e. The molecular weight excluding hydrogens is 146 g/mol. The highest BCUT2D eigenvalue weighted by Gasteiger charge is 2.47. The molecule has 1 saturated carbocycles. The first-order chi connectivity index (χ1) is 5.73. The van der Waals surface area contributed by atoms with E-state index in [1.165, 1.54) is 12.8 Å². The molecule has 64 valence electrons. The third-order valence-electron chi connectivity index (χ3n) is 2.73. The first-order valence-corrected chi connectivity index (χ1v) is 4.51. The van der Waals surface area contributed by atoms with E-state index in [0.29, 0.717) is 5.41 Å². The highest BCUT2D eigenvalue weighted by molar-refractivity contribution is 5.47. The van der Waals surface area contributed by atoms with E-state index in [4.69, 9.17) is 0 Å². The first kappa shape index (κ1) is 7.66. The standard InChI is InChI=1S/C11H15N/c1-9(2)12-7-6-11-5-3-4-10(11)8-11/h3-5,12H,1,6-8H2,2H3/t11-/m1/s1. The van der Waals surface area contributed by atoms with Gasteiger partial charge in [0.05, 0.1) is 0 Å². The summed E-state index contributed by atoms with van der Waals surface area (Å²) in [5, 5.41) is 3.27. The average molecular weight is 161 g/mol. The van der Waals surface area contributed by atoms with E-state index in [0.717, 1.165) is 12.2 Å². The van der Waals surface area contributed by atoms with Crippen molar-refractivity contribution >= 4 is 0 Å². The van der Waals surface area contributed by atoms with Gasteiger partial charge in [-0.1, -0.05) is 30.4 Å². The van der Waals surface area contributed by atoms with Gasteiger partial charge < -0.3 is 5.32 Å². The van der Waals surface area contributed by atoms with Gasteiger partial charge in [0.15, 0.2) is 0 Å². The summed E-state index contributed by atoms with van der Waals surface area (Å²) in [5.41, 5.74) is 3.16. The van der Waals surface area contributed by atoms with Crippen LogP contribution in [0.4, 0.5) is 0 Å². The smallest absolute Gasteiger partial charge is 0.0155 e. The summed E-state index contributed by atoms with van der Waals surface area (Å²) in [6, 6.07) is 0. The Morgan fingerprint density at radius 2 is 2.58 bits per heavy atom. The normalized spacial score (nSPS) is 29.6. The van der Waals surface area contributed by atoms with Crippen molar-refractivity contribution in [1.29, 1.82) is 0 Å². The number of hydrogen-bond donors (Lipinski definition) is 1. The van der Waals surface area contributed by atoms with Crippen LogP contribution in [0.1, 0.15) is 19.8 Å². The predicted molar refractivity (Wildman–Crippen MR) is 51.7 cm³/mol. The first-order valence-electron chi connectivity index (χ1n) is 4.51. The minimum atomic E-state index is 0.475. The molecule has 0 aromatic heterocycles. The third kappa shape index (κ3) is 1.20. The molecule has 1 N–H and O–H groups in total. The fourth-order valence-corrected chi connectivity index (χ4v) is 1.87. The Kier molecular flexibility index (Phi) is 1.60. The van der Waals surface area contributed by atoms with Gasteiger partial charge in [0.25, 0.3) is 0 Å². The largest absolute Gasteiger partial charge is 0.389 e. The van der Waals surface area contributed by atoms with Crippen molar-refractivity contribution in [2.24, 2.45) is 5.41 Å². The van der Waals surface area contributed by atoms with E-state index in [2.05, 4.69) is 30.1 Å². The van der Waals surface area contributed by atoms with Crippen molar-refractivity contribution in [3.8, 4) is 0 Å². The average Bonchev–Trinajstić information content (AvgIpc) is 2.53. The molecule has 0 aliphatic heterocycles. The van der Waals surface area contributed by atoms with Gasteiger partial charge in [-0.25, -0.2) is 0 Å². The Bertz CT molecular complexity index is 273. The minimum absolute atomic E-state index is 0.475. The number of allylic oxidation sites excluding steroid dienone is 5. The third-order valence-corrected chi connectivity index (χ3v) is 2.73. The summed E-state index contributed by atoms with van der Waals surface area (Å²) < 4.78 is 0. The van der Waals surface area contributed by atoms with Gasteiger partial charge in [-0.2, -0.15) is 0 Å². The van der Waals surface area contributed by atoms with Crippen molar-refractivity contribution in [3.05, 3.63) is 36.1 Å². The van der Waals surface area contributed by atoms with Gasteiger partial charge in [-0.15, -0.1) is 0 Å². The van der Waals surface area contributed by atoms with Crippen LogP contribution in [-0.4, -0.2) is 6.54 Å². The predicted octanol–water partition coefficient (Wildman–Crippen LogP) is 2.39. The molecule has 0 heterocycles. The molecule has 0 aromatic carbocycles. The summed E-state index contributed by atoms with van der Waals surface area (Å²) in [5.74, 6) is 0. The van der Waals surface area contributed by atoms with Crippen molar-refractivity contribution in [2.45, 2.75) is 19.8 Å². The molecular formula is C11H15N. The van der Waals surface area contributed by atoms with Crippen LogP contribution in [0, 0.1) is 5.41 Å². The number of fused-ring (bicyclic) bond motifs is 1. The van der Waals surface area contributed by atoms with Gasteiger partial charge in [0.1, 0.15) is 0 Å². The van der Waals surface area contributed by atoms with Crippen LogP contribution >= 0.6 is 0 Å². The zero-order chi connectivity index (χ0) is 8.60. The van der Waals surface area contributed by atoms with Crippen LogP contribution in [0.5, 0.6) is 0 Å². The molecule has 0 spiro atoms. The quantitative estimate of drug-likeness (QED) is 0.667. The second kappa shape index (κ2) is 2.51. The number of rotatable bonds is 4. The lowest BCUT2D eigenvalue weighted by molar-refractivity contribution is 0.584. The second-order valence-electron chi connectivity index (χ2n) is 3.84. The van der Waals surface area contributed by atoms with Gasteiger partial charge in [-0.3, -0.25) is 0 Å². The van der Waals surface area contributed by atoms with Gasteiger partial charge in [0, 0.05) is 17.7 Å². The second-order valence-corrected chi connectivity index (χ2v) is 3.84. The monoisotopic (exact) mass is 161 g/mol. The van der Waals surface area contributed by atoms with Gasteiger partial charge in [0.2, 0.25) is 0 Å². The van der Waals surface area contributed by atoms with E-state index in [-0.39, 0.29) is 0 Å². The van der Waals surface area contributed by atoms with E-state index >= 15 is 0 Å². The molecule has 2 rings (SSSR count). The Hall–Kier alpha value is -0.980. The maximum absolute atomic E-state index is 3.81.